The van der Waals surface area contributed by atoms with Crippen molar-refractivity contribution in [2.75, 3.05) is 36.9 Å². The van der Waals surface area contributed by atoms with Crippen LogP contribution in [0, 0.1) is 5.92 Å². The van der Waals surface area contributed by atoms with Crippen molar-refractivity contribution in [3.63, 3.8) is 0 Å². The molecule has 2 amide bonds. The molecule has 3 rings (SSSR count). The van der Waals surface area contributed by atoms with Crippen molar-refractivity contribution in [3.05, 3.63) is 54.1 Å². The fourth-order valence-corrected chi connectivity index (χ4v) is 4.04. The third kappa shape index (κ3) is 8.40. The van der Waals surface area contributed by atoms with Gasteiger partial charge in [0.2, 0.25) is 5.91 Å². The molecule has 0 unspecified atom stereocenters. The number of carbonyl (C=O) groups is 2. The van der Waals surface area contributed by atoms with Gasteiger partial charge in [-0.05, 0) is 73.7 Å². The average Bonchev–Trinajstić information content (AvgIpc) is 2.86. The van der Waals surface area contributed by atoms with Crippen LogP contribution in [-0.2, 0) is 4.79 Å². The summed E-state index contributed by atoms with van der Waals surface area (Å²) in [5.41, 5.74) is 2.23. The number of unbranched alkanes of at least 4 members (excludes halogenated alkanes) is 4. The summed E-state index contributed by atoms with van der Waals surface area (Å²) < 4.78 is 5.77. The number of anilines is 2. The third-order valence-electron chi connectivity index (χ3n) is 6.31. The van der Waals surface area contributed by atoms with Crippen molar-refractivity contribution in [1.82, 2.24) is 4.90 Å². The molecular formula is C28H39N3O3. The molecule has 34 heavy (non-hydrogen) atoms. The summed E-state index contributed by atoms with van der Waals surface area (Å²) in [6.07, 6.45) is 8.19. The van der Waals surface area contributed by atoms with E-state index in [1.54, 1.807) is 0 Å². The second kappa shape index (κ2) is 13.6. The van der Waals surface area contributed by atoms with Gasteiger partial charge in [0, 0.05) is 30.0 Å². The van der Waals surface area contributed by atoms with E-state index in [2.05, 4.69) is 24.5 Å². The van der Waals surface area contributed by atoms with Crippen molar-refractivity contribution in [3.8, 4) is 5.75 Å². The molecule has 1 aliphatic heterocycles. The molecule has 0 aromatic heterocycles. The summed E-state index contributed by atoms with van der Waals surface area (Å²) in [6, 6.07) is 14.8. The lowest BCUT2D eigenvalue weighted by atomic mass is 9.98. The third-order valence-corrected chi connectivity index (χ3v) is 6.31. The van der Waals surface area contributed by atoms with E-state index in [0.717, 1.165) is 56.1 Å². The van der Waals surface area contributed by atoms with Crippen LogP contribution >= 0.6 is 0 Å². The zero-order valence-corrected chi connectivity index (χ0v) is 20.6. The SMILES string of the molecule is CCCCCCCOc1ccc(NC(=O)CNc2ccc(C(=O)N3CCC(C)CC3)cc2)cc1. The highest BCUT2D eigenvalue weighted by atomic mass is 16.5. The van der Waals surface area contributed by atoms with Crippen LogP contribution in [0.5, 0.6) is 5.75 Å². The van der Waals surface area contributed by atoms with Crippen LogP contribution in [0.15, 0.2) is 48.5 Å². The van der Waals surface area contributed by atoms with Crippen LogP contribution in [0.25, 0.3) is 0 Å². The molecule has 2 N–H and O–H groups in total. The van der Waals surface area contributed by atoms with Crippen molar-refractivity contribution in [2.45, 2.75) is 58.8 Å². The van der Waals surface area contributed by atoms with Crippen molar-refractivity contribution < 1.29 is 14.3 Å². The first kappa shape index (κ1) is 25.6. The van der Waals surface area contributed by atoms with E-state index in [0.29, 0.717) is 11.5 Å². The lowest BCUT2D eigenvalue weighted by Gasteiger charge is -2.30. The van der Waals surface area contributed by atoms with Gasteiger partial charge in [-0.2, -0.15) is 0 Å². The Morgan fingerprint density at radius 2 is 1.56 bits per heavy atom. The molecule has 1 heterocycles. The molecule has 0 aliphatic carbocycles. The van der Waals surface area contributed by atoms with E-state index in [-0.39, 0.29) is 18.4 Å². The first-order chi connectivity index (χ1) is 16.5. The van der Waals surface area contributed by atoms with Crippen molar-refractivity contribution in [1.29, 1.82) is 0 Å². The van der Waals surface area contributed by atoms with Crippen LogP contribution < -0.4 is 15.4 Å². The van der Waals surface area contributed by atoms with E-state index in [9.17, 15) is 9.59 Å². The van der Waals surface area contributed by atoms with Gasteiger partial charge in [0.15, 0.2) is 0 Å². The molecule has 0 bridgehead atoms. The summed E-state index contributed by atoms with van der Waals surface area (Å²) in [5, 5.41) is 6.00. The van der Waals surface area contributed by atoms with E-state index < -0.39 is 0 Å². The number of nitrogens with one attached hydrogen (secondary N) is 2. The fourth-order valence-electron chi connectivity index (χ4n) is 4.04. The first-order valence-corrected chi connectivity index (χ1v) is 12.7. The highest BCUT2D eigenvalue weighted by molar-refractivity contribution is 5.95. The van der Waals surface area contributed by atoms with Gasteiger partial charge in [0.1, 0.15) is 5.75 Å². The van der Waals surface area contributed by atoms with E-state index in [4.69, 9.17) is 4.74 Å². The summed E-state index contributed by atoms with van der Waals surface area (Å²) in [4.78, 5) is 26.9. The Labute approximate surface area is 204 Å². The highest BCUT2D eigenvalue weighted by Gasteiger charge is 2.21. The molecule has 1 fully saturated rings. The molecule has 2 aromatic carbocycles. The Balaban J connectivity index is 1.37. The maximum atomic E-state index is 12.7. The monoisotopic (exact) mass is 465 g/mol. The van der Waals surface area contributed by atoms with Gasteiger partial charge in [-0.1, -0.05) is 39.5 Å². The maximum absolute atomic E-state index is 12.7. The largest absolute Gasteiger partial charge is 0.494 e. The van der Waals surface area contributed by atoms with Crippen molar-refractivity contribution >= 4 is 23.2 Å². The summed E-state index contributed by atoms with van der Waals surface area (Å²) >= 11 is 0. The first-order valence-electron chi connectivity index (χ1n) is 12.7. The van der Waals surface area contributed by atoms with Gasteiger partial charge in [0.25, 0.3) is 5.91 Å². The van der Waals surface area contributed by atoms with Gasteiger partial charge in [-0.15, -0.1) is 0 Å². The molecule has 0 saturated carbocycles. The van der Waals surface area contributed by atoms with Crippen LogP contribution in [-0.4, -0.2) is 43.0 Å². The standard InChI is InChI=1S/C28H39N3O3/c1-3-4-5-6-7-20-34-26-14-12-25(13-15-26)30-27(32)21-29-24-10-8-23(9-11-24)28(33)31-18-16-22(2)17-19-31/h8-15,22,29H,3-7,16-21H2,1-2H3,(H,30,32). The minimum Gasteiger partial charge on any atom is -0.494 e. The number of ether oxygens (including phenoxy) is 1. The van der Waals surface area contributed by atoms with Gasteiger partial charge in [-0.25, -0.2) is 0 Å². The Bertz CT molecular complexity index is 888. The number of rotatable bonds is 12. The molecule has 0 atom stereocenters. The minimum atomic E-state index is -0.132. The lowest BCUT2D eigenvalue weighted by molar-refractivity contribution is -0.114. The number of likely N-dealkylation sites (tertiary alicyclic amines) is 1. The number of amides is 2. The number of benzene rings is 2. The quantitative estimate of drug-likeness (QED) is 0.380. The lowest BCUT2D eigenvalue weighted by Crippen LogP contribution is -2.37. The van der Waals surface area contributed by atoms with Gasteiger partial charge in [0.05, 0.1) is 13.2 Å². The molecule has 1 aliphatic rings. The second-order valence-corrected chi connectivity index (χ2v) is 9.24. The van der Waals surface area contributed by atoms with Crippen LogP contribution in [0.2, 0.25) is 0 Å². The normalized spacial score (nSPS) is 14.0. The van der Waals surface area contributed by atoms with Crippen LogP contribution in [0.3, 0.4) is 0 Å². The van der Waals surface area contributed by atoms with Crippen LogP contribution in [0.4, 0.5) is 11.4 Å². The van der Waals surface area contributed by atoms with Gasteiger partial charge >= 0.3 is 0 Å². The molecule has 6 nitrogen and oxygen atoms in total. The molecule has 0 radical (unpaired) electrons. The zero-order valence-electron chi connectivity index (χ0n) is 20.6. The zero-order chi connectivity index (χ0) is 24.2. The fraction of sp³-hybridized carbons (Fsp3) is 0.500. The Kier molecular flexibility index (Phi) is 10.3. The van der Waals surface area contributed by atoms with E-state index in [1.165, 1.54) is 25.7 Å². The predicted octanol–water partition coefficient (Wildman–Crippen LogP) is 5.96. The molecular weight excluding hydrogens is 426 g/mol. The van der Waals surface area contributed by atoms with E-state index in [1.807, 2.05) is 53.4 Å². The number of hydrogen-bond acceptors (Lipinski definition) is 4. The highest BCUT2D eigenvalue weighted by Crippen LogP contribution is 2.19. The van der Waals surface area contributed by atoms with Crippen molar-refractivity contribution in [2.24, 2.45) is 5.92 Å². The second-order valence-electron chi connectivity index (χ2n) is 9.24. The van der Waals surface area contributed by atoms with Gasteiger partial charge < -0.3 is 20.3 Å². The molecule has 1 saturated heterocycles. The predicted molar refractivity (Wildman–Crippen MR) is 139 cm³/mol. The van der Waals surface area contributed by atoms with Crippen LogP contribution in [0.1, 0.15) is 69.2 Å². The number of hydrogen-bond donors (Lipinski definition) is 2. The Morgan fingerprint density at radius 3 is 2.24 bits per heavy atom. The maximum Gasteiger partial charge on any atom is 0.253 e. The summed E-state index contributed by atoms with van der Waals surface area (Å²) in [7, 11) is 0. The van der Waals surface area contributed by atoms with E-state index >= 15 is 0 Å². The molecule has 6 heteroatoms. The number of nitrogens with zero attached hydrogens (tertiary/aromatic N) is 1. The topological polar surface area (TPSA) is 70.7 Å². The molecule has 184 valence electrons. The summed E-state index contributed by atoms with van der Waals surface area (Å²) in [6.45, 7) is 6.97. The Morgan fingerprint density at radius 1 is 0.912 bits per heavy atom. The van der Waals surface area contributed by atoms with Gasteiger partial charge in [-0.3, -0.25) is 9.59 Å². The smallest absolute Gasteiger partial charge is 0.253 e. The number of carbonyl (C=O) groups excluding carboxylic acids is 2. The number of piperidine rings is 1. The molecule has 0 spiro atoms. The minimum absolute atomic E-state index is 0.0834. The average molecular weight is 466 g/mol. The Hall–Kier alpha value is -3.02. The molecule has 2 aromatic rings. The summed E-state index contributed by atoms with van der Waals surface area (Å²) in [5.74, 6) is 1.46.